The van der Waals surface area contributed by atoms with Gasteiger partial charge in [0.2, 0.25) is 5.91 Å². The number of carbonyl (C=O) groups excluding carboxylic acids is 2. The summed E-state index contributed by atoms with van der Waals surface area (Å²) >= 11 is 5.79. The maximum absolute atomic E-state index is 13.3. The summed E-state index contributed by atoms with van der Waals surface area (Å²) < 4.78 is 44.5. The molecular weight excluding hydrogens is 443 g/mol. The van der Waals surface area contributed by atoms with E-state index in [1.807, 2.05) is 42.5 Å². The van der Waals surface area contributed by atoms with Crippen molar-refractivity contribution in [3.8, 4) is 5.75 Å². The summed E-state index contributed by atoms with van der Waals surface area (Å²) in [7, 11) is 0. The Morgan fingerprint density at radius 2 is 1.91 bits per heavy atom. The first-order valence-corrected chi connectivity index (χ1v) is 10.7. The molecule has 3 atom stereocenters. The molecule has 1 heterocycles. The molecule has 0 N–H and O–H groups in total. The van der Waals surface area contributed by atoms with E-state index in [9.17, 15) is 22.8 Å². The molecule has 1 aliphatic heterocycles. The molecule has 2 aromatic carbocycles. The van der Waals surface area contributed by atoms with Crippen molar-refractivity contribution in [1.82, 2.24) is 4.90 Å². The molecule has 0 unspecified atom stereocenters. The minimum Gasteiger partial charge on any atom is -0.426 e. The van der Waals surface area contributed by atoms with E-state index in [2.05, 4.69) is 0 Å². The van der Waals surface area contributed by atoms with E-state index in [-0.39, 0.29) is 29.0 Å². The fraction of sp³-hybridized carbons (Fsp3) is 0.333. The fourth-order valence-electron chi connectivity index (χ4n) is 4.40. The molecule has 0 bridgehead atoms. The second-order valence-corrected chi connectivity index (χ2v) is 8.52. The number of amides is 1. The molecule has 1 amide bonds. The first-order chi connectivity index (χ1) is 15.2. The number of hydrogen-bond donors (Lipinski definition) is 0. The van der Waals surface area contributed by atoms with Crippen LogP contribution in [0, 0.1) is 17.8 Å². The molecule has 4 nitrogen and oxygen atoms in total. The third kappa shape index (κ3) is 4.83. The Bertz CT molecular complexity index is 1040. The summed E-state index contributed by atoms with van der Waals surface area (Å²) in [6.45, 7) is 1.02. The van der Waals surface area contributed by atoms with Gasteiger partial charge >= 0.3 is 12.1 Å². The zero-order valence-electron chi connectivity index (χ0n) is 17.0. The molecule has 1 saturated heterocycles. The summed E-state index contributed by atoms with van der Waals surface area (Å²) in [5, 5.41) is -0.188. The Morgan fingerprint density at radius 1 is 1.16 bits per heavy atom. The van der Waals surface area contributed by atoms with Gasteiger partial charge in [0.25, 0.3) is 0 Å². The number of alkyl halides is 3. The second-order valence-electron chi connectivity index (χ2n) is 8.09. The zero-order chi connectivity index (χ0) is 22.9. The molecule has 32 heavy (non-hydrogen) atoms. The van der Waals surface area contributed by atoms with Crippen LogP contribution in [0.3, 0.4) is 0 Å². The number of hydrogen-bond acceptors (Lipinski definition) is 3. The molecule has 2 aromatic rings. The molecule has 1 aliphatic carbocycles. The third-order valence-electron chi connectivity index (χ3n) is 5.93. The highest BCUT2D eigenvalue weighted by atomic mass is 35.5. The monoisotopic (exact) mass is 463 g/mol. The number of esters is 1. The average Bonchev–Trinajstić information content (AvgIpc) is 2.75. The van der Waals surface area contributed by atoms with Gasteiger partial charge in [-0.05, 0) is 42.5 Å². The highest BCUT2D eigenvalue weighted by molar-refractivity contribution is 6.30. The van der Waals surface area contributed by atoms with Crippen molar-refractivity contribution < 1.29 is 27.5 Å². The molecule has 8 heteroatoms. The van der Waals surface area contributed by atoms with Crippen LogP contribution in [0.2, 0.25) is 5.02 Å². The Morgan fingerprint density at radius 3 is 2.62 bits per heavy atom. The van der Waals surface area contributed by atoms with Crippen LogP contribution < -0.4 is 4.74 Å². The topological polar surface area (TPSA) is 46.6 Å². The van der Waals surface area contributed by atoms with Crippen molar-refractivity contribution in [2.24, 2.45) is 17.8 Å². The number of fused-ring (bicyclic) bond motifs is 1. The standard InChI is InChI=1S/C24H21ClF3NO3/c25-18-11-17(24(26,27)28)12-19(13-18)32-23(31)20-8-4-7-16-9-10-29(22(30)21(16)20)14-15-5-2-1-3-6-15/h1-7,11-13,16,20-21H,8-10,14H2/t16-,20-,21+/m0/s1. The van der Waals surface area contributed by atoms with E-state index in [4.69, 9.17) is 16.3 Å². The molecule has 0 spiro atoms. The van der Waals surface area contributed by atoms with Gasteiger partial charge in [0.05, 0.1) is 17.4 Å². The Hall–Kier alpha value is -2.80. The summed E-state index contributed by atoms with van der Waals surface area (Å²) in [5.41, 5.74) is -0.0135. The van der Waals surface area contributed by atoms with Gasteiger partial charge in [-0.15, -0.1) is 0 Å². The van der Waals surface area contributed by atoms with Crippen LogP contribution >= 0.6 is 11.6 Å². The Labute approximate surface area is 188 Å². The second kappa shape index (κ2) is 8.98. The van der Waals surface area contributed by atoms with E-state index in [1.165, 1.54) is 0 Å². The smallest absolute Gasteiger partial charge is 0.416 e. The predicted molar refractivity (Wildman–Crippen MR) is 113 cm³/mol. The summed E-state index contributed by atoms with van der Waals surface area (Å²) in [6, 6.07) is 12.2. The lowest BCUT2D eigenvalue weighted by molar-refractivity contribution is -0.153. The number of halogens is 4. The molecular formula is C24H21ClF3NO3. The van der Waals surface area contributed by atoms with Crippen LogP contribution in [0.1, 0.15) is 24.0 Å². The van der Waals surface area contributed by atoms with E-state index in [0.29, 0.717) is 19.5 Å². The van der Waals surface area contributed by atoms with Crippen LogP contribution in [-0.2, 0) is 22.3 Å². The lowest BCUT2D eigenvalue weighted by Crippen LogP contribution is -2.50. The maximum atomic E-state index is 13.3. The van der Waals surface area contributed by atoms with Gasteiger partial charge in [0, 0.05) is 18.1 Å². The van der Waals surface area contributed by atoms with Gasteiger partial charge < -0.3 is 9.64 Å². The first-order valence-electron chi connectivity index (χ1n) is 10.3. The molecule has 0 aromatic heterocycles. The molecule has 2 aliphatic rings. The van der Waals surface area contributed by atoms with Crippen molar-refractivity contribution in [3.63, 3.8) is 0 Å². The average molecular weight is 464 g/mol. The predicted octanol–water partition coefficient (Wildman–Crippen LogP) is 5.51. The van der Waals surface area contributed by atoms with Gasteiger partial charge in [0.1, 0.15) is 5.75 Å². The number of allylic oxidation sites excluding steroid dienone is 2. The largest absolute Gasteiger partial charge is 0.426 e. The normalized spacial score (nSPS) is 23.1. The van der Waals surface area contributed by atoms with Crippen molar-refractivity contribution in [3.05, 3.63) is 76.8 Å². The van der Waals surface area contributed by atoms with E-state index >= 15 is 0 Å². The molecule has 4 rings (SSSR count). The third-order valence-corrected chi connectivity index (χ3v) is 6.15. The molecule has 1 fully saturated rings. The van der Waals surface area contributed by atoms with Gasteiger partial charge in [-0.25, -0.2) is 0 Å². The van der Waals surface area contributed by atoms with Crippen LogP contribution in [0.4, 0.5) is 13.2 Å². The number of likely N-dealkylation sites (tertiary alicyclic amines) is 1. The van der Waals surface area contributed by atoms with Gasteiger partial charge in [0.15, 0.2) is 0 Å². The fourth-order valence-corrected chi connectivity index (χ4v) is 4.63. The SMILES string of the molecule is O=C(Oc1cc(Cl)cc(C(F)(F)F)c1)[C@H]1CC=C[C@H]2CCN(Cc3ccccc3)C(=O)[C@@H]12. The van der Waals surface area contributed by atoms with E-state index in [1.54, 1.807) is 4.90 Å². The number of carbonyl (C=O) groups is 2. The number of nitrogens with zero attached hydrogens (tertiary/aromatic N) is 1. The van der Waals surface area contributed by atoms with Crippen molar-refractivity contribution in [2.75, 3.05) is 6.54 Å². The zero-order valence-corrected chi connectivity index (χ0v) is 17.8. The highest BCUT2D eigenvalue weighted by Crippen LogP contribution is 2.39. The minimum atomic E-state index is -4.62. The Kier molecular flexibility index (Phi) is 6.29. The van der Waals surface area contributed by atoms with Gasteiger partial charge in [-0.2, -0.15) is 13.2 Å². The number of benzene rings is 2. The number of rotatable bonds is 4. The molecule has 0 saturated carbocycles. The van der Waals surface area contributed by atoms with Crippen LogP contribution in [0.15, 0.2) is 60.7 Å². The highest BCUT2D eigenvalue weighted by Gasteiger charge is 2.45. The Balaban J connectivity index is 1.53. The van der Waals surface area contributed by atoms with Crippen molar-refractivity contribution >= 4 is 23.5 Å². The lowest BCUT2D eigenvalue weighted by Gasteiger charge is -2.41. The van der Waals surface area contributed by atoms with Crippen LogP contribution in [0.5, 0.6) is 5.75 Å². The van der Waals surface area contributed by atoms with Crippen LogP contribution in [0.25, 0.3) is 0 Å². The van der Waals surface area contributed by atoms with Crippen molar-refractivity contribution in [1.29, 1.82) is 0 Å². The summed E-state index contributed by atoms with van der Waals surface area (Å²) in [6.07, 6.45) is 0.165. The van der Waals surface area contributed by atoms with Crippen LogP contribution in [-0.4, -0.2) is 23.3 Å². The maximum Gasteiger partial charge on any atom is 0.416 e. The van der Waals surface area contributed by atoms with Gasteiger partial charge in [-0.3, -0.25) is 9.59 Å². The quantitative estimate of drug-likeness (QED) is 0.341. The van der Waals surface area contributed by atoms with Gasteiger partial charge in [-0.1, -0.05) is 54.1 Å². The van der Waals surface area contributed by atoms with E-state index < -0.39 is 29.5 Å². The first kappa shape index (κ1) is 22.4. The van der Waals surface area contributed by atoms with E-state index in [0.717, 1.165) is 23.8 Å². The summed E-state index contributed by atoms with van der Waals surface area (Å²) in [5.74, 6) is -2.64. The number of ether oxygens (including phenoxy) is 1. The lowest BCUT2D eigenvalue weighted by atomic mass is 9.71. The summed E-state index contributed by atoms with van der Waals surface area (Å²) in [4.78, 5) is 28.0. The molecule has 168 valence electrons. The molecule has 0 radical (unpaired) electrons. The minimum absolute atomic E-state index is 0.106. The number of piperidine rings is 1. The van der Waals surface area contributed by atoms with Crippen molar-refractivity contribution in [2.45, 2.75) is 25.6 Å².